The number of nitrogens with zero attached hydrogens (tertiary/aromatic N) is 2. The summed E-state index contributed by atoms with van der Waals surface area (Å²) >= 11 is 0. The maximum absolute atomic E-state index is 13.1. The van der Waals surface area contributed by atoms with Gasteiger partial charge in [0.25, 0.3) is 10.0 Å². The number of hydrogen-bond acceptors (Lipinski definition) is 7. The lowest BCUT2D eigenvalue weighted by molar-refractivity contribution is -0.124. The Balaban J connectivity index is 1.78. The number of hydrogen-bond donors (Lipinski definition) is 3. The Morgan fingerprint density at radius 1 is 1.17 bits per heavy atom. The molecule has 1 amide bonds. The minimum atomic E-state index is -3.98. The minimum absolute atomic E-state index is 0.00960. The summed E-state index contributed by atoms with van der Waals surface area (Å²) in [4.78, 5) is 16.5. The molecule has 0 radical (unpaired) electrons. The van der Waals surface area contributed by atoms with Gasteiger partial charge in [-0.1, -0.05) is 43.1 Å². The van der Waals surface area contributed by atoms with E-state index in [1.807, 2.05) is 0 Å². The van der Waals surface area contributed by atoms with E-state index >= 15 is 0 Å². The second-order valence-corrected chi connectivity index (χ2v) is 10.6. The summed E-state index contributed by atoms with van der Waals surface area (Å²) in [7, 11) is -3.98. The third-order valence-electron chi connectivity index (χ3n) is 5.35. The molecule has 1 unspecified atom stereocenters. The van der Waals surface area contributed by atoms with E-state index < -0.39 is 28.0 Å². The Labute approximate surface area is 204 Å². The maximum Gasteiger partial charge on any atom is 0.261 e. The third kappa shape index (κ3) is 6.64. The highest BCUT2D eigenvalue weighted by Crippen LogP contribution is 2.26. The van der Waals surface area contributed by atoms with Gasteiger partial charge >= 0.3 is 0 Å². The molecule has 1 atom stereocenters. The first-order valence-electron chi connectivity index (χ1n) is 11.3. The van der Waals surface area contributed by atoms with Crippen molar-refractivity contribution in [1.29, 1.82) is 0 Å². The number of amides is 1. The van der Waals surface area contributed by atoms with Crippen LogP contribution < -0.4 is 15.8 Å². The van der Waals surface area contributed by atoms with Gasteiger partial charge in [-0.15, -0.1) is 0 Å². The van der Waals surface area contributed by atoms with Crippen LogP contribution in [0.25, 0.3) is 11.4 Å². The number of unbranched alkanes of at least 4 members (excludes halogenated alkanes) is 1. The van der Waals surface area contributed by atoms with Crippen molar-refractivity contribution in [3.63, 3.8) is 0 Å². The molecule has 11 heteroatoms. The molecular formula is C24H30FN5O4S. The Bertz CT molecular complexity index is 1280. The van der Waals surface area contributed by atoms with Crippen molar-refractivity contribution in [1.82, 2.24) is 10.1 Å². The standard InChI is InChI=1S/C24H30FN5O4S/c1-4-5-12-20(26)22-28-21(29-34-22)16-8-6-11-19(13-16)35(32,33)30-18-10-7-9-17(14-18)27-23(31)24(2,3)15-25/h6-11,13-14,20,30H,4-5,12,15,26H2,1-3H3,(H,27,31). The zero-order valence-corrected chi connectivity index (χ0v) is 20.7. The fraction of sp³-hybridized carbons (Fsp3) is 0.375. The van der Waals surface area contributed by atoms with Gasteiger partial charge in [-0.2, -0.15) is 4.98 Å². The number of carbonyl (C=O) groups is 1. The molecule has 1 aromatic heterocycles. The first-order chi connectivity index (χ1) is 16.6. The van der Waals surface area contributed by atoms with E-state index in [2.05, 4.69) is 27.1 Å². The SMILES string of the molecule is CCCCC(N)c1nc(-c2cccc(S(=O)(=O)Nc3cccc(NC(=O)C(C)(C)CF)c3)c2)no1. The number of halogens is 1. The molecule has 0 spiro atoms. The molecule has 0 aliphatic rings. The lowest BCUT2D eigenvalue weighted by atomic mass is 9.94. The van der Waals surface area contributed by atoms with E-state index in [0.29, 0.717) is 23.6 Å². The number of nitrogens with one attached hydrogen (secondary N) is 2. The molecule has 0 aliphatic heterocycles. The van der Waals surface area contributed by atoms with E-state index in [9.17, 15) is 17.6 Å². The Morgan fingerprint density at radius 3 is 2.60 bits per heavy atom. The molecule has 0 bridgehead atoms. The molecule has 1 heterocycles. The maximum atomic E-state index is 13.1. The minimum Gasteiger partial charge on any atom is -0.337 e. The van der Waals surface area contributed by atoms with Crippen molar-refractivity contribution in [2.75, 3.05) is 16.7 Å². The van der Waals surface area contributed by atoms with Crippen LogP contribution in [0.4, 0.5) is 15.8 Å². The molecule has 9 nitrogen and oxygen atoms in total. The van der Waals surface area contributed by atoms with Gasteiger partial charge < -0.3 is 15.6 Å². The van der Waals surface area contributed by atoms with Crippen LogP contribution in [0.15, 0.2) is 57.9 Å². The van der Waals surface area contributed by atoms with Crippen molar-refractivity contribution in [2.24, 2.45) is 11.1 Å². The summed E-state index contributed by atoms with van der Waals surface area (Å²) in [6, 6.07) is 11.9. The van der Waals surface area contributed by atoms with Crippen LogP contribution in [0.1, 0.15) is 52.0 Å². The highest BCUT2D eigenvalue weighted by Gasteiger charge is 2.27. The summed E-state index contributed by atoms with van der Waals surface area (Å²) in [5.74, 6) is 0.0282. The number of sulfonamides is 1. The summed E-state index contributed by atoms with van der Waals surface area (Å²) in [5, 5.41) is 6.54. The van der Waals surface area contributed by atoms with Crippen LogP contribution >= 0.6 is 0 Å². The van der Waals surface area contributed by atoms with Crippen LogP contribution in [0, 0.1) is 5.41 Å². The molecular weight excluding hydrogens is 473 g/mol. The summed E-state index contributed by atoms with van der Waals surface area (Å²) in [6.07, 6.45) is 2.63. The Kier molecular flexibility index (Phi) is 8.23. The normalized spacial score (nSPS) is 12.8. The molecule has 3 aromatic rings. The summed E-state index contributed by atoms with van der Waals surface area (Å²) in [6.45, 7) is 4.20. The number of benzene rings is 2. The first kappa shape index (κ1) is 26.3. The van der Waals surface area contributed by atoms with Crippen LogP contribution in [-0.4, -0.2) is 31.1 Å². The molecule has 35 heavy (non-hydrogen) atoms. The number of aromatic nitrogens is 2. The van der Waals surface area contributed by atoms with Crippen molar-refractivity contribution in [3.05, 3.63) is 54.4 Å². The highest BCUT2D eigenvalue weighted by molar-refractivity contribution is 7.92. The zero-order chi connectivity index (χ0) is 25.6. The van der Waals surface area contributed by atoms with Crippen molar-refractivity contribution < 1.29 is 22.1 Å². The number of nitrogens with two attached hydrogens (primary N) is 1. The second-order valence-electron chi connectivity index (χ2n) is 8.89. The van der Waals surface area contributed by atoms with E-state index in [-0.39, 0.29) is 22.4 Å². The van der Waals surface area contributed by atoms with Gasteiger partial charge in [-0.3, -0.25) is 9.52 Å². The summed E-state index contributed by atoms with van der Waals surface area (Å²) in [5.41, 5.74) is 5.91. The average Bonchev–Trinajstić information content (AvgIpc) is 3.33. The average molecular weight is 504 g/mol. The van der Waals surface area contributed by atoms with E-state index in [4.69, 9.17) is 10.3 Å². The van der Waals surface area contributed by atoms with E-state index in [1.165, 1.54) is 32.0 Å². The van der Waals surface area contributed by atoms with Crippen LogP contribution in [0.5, 0.6) is 0 Å². The molecule has 3 rings (SSSR count). The van der Waals surface area contributed by atoms with Crippen molar-refractivity contribution >= 4 is 27.3 Å². The third-order valence-corrected chi connectivity index (χ3v) is 6.73. The van der Waals surface area contributed by atoms with Gasteiger partial charge in [-0.25, -0.2) is 12.8 Å². The molecule has 188 valence electrons. The Morgan fingerprint density at radius 2 is 1.89 bits per heavy atom. The van der Waals surface area contributed by atoms with E-state index in [0.717, 1.165) is 12.8 Å². The fourth-order valence-corrected chi connectivity index (χ4v) is 4.18. The van der Waals surface area contributed by atoms with Gasteiger partial charge in [0.2, 0.25) is 17.6 Å². The van der Waals surface area contributed by atoms with Crippen LogP contribution in [0.3, 0.4) is 0 Å². The topological polar surface area (TPSA) is 140 Å². The van der Waals surface area contributed by atoms with E-state index in [1.54, 1.807) is 30.3 Å². The predicted octanol–water partition coefficient (Wildman–Crippen LogP) is 4.66. The zero-order valence-electron chi connectivity index (χ0n) is 19.9. The molecule has 2 aromatic carbocycles. The smallest absolute Gasteiger partial charge is 0.261 e. The Hall–Kier alpha value is -3.31. The van der Waals surface area contributed by atoms with Crippen LogP contribution in [-0.2, 0) is 14.8 Å². The molecule has 4 N–H and O–H groups in total. The quantitative estimate of drug-likeness (QED) is 0.346. The molecule has 0 aliphatic carbocycles. The fourth-order valence-electron chi connectivity index (χ4n) is 3.09. The van der Waals surface area contributed by atoms with Gasteiger partial charge in [0.15, 0.2) is 0 Å². The van der Waals surface area contributed by atoms with Gasteiger partial charge in [0, 0.05) is 11.3 Å². The van der Waals surface area contributed by atoms with Crippen molar-refractivity contribution in [3.8, 4) is 11.4 Å². The lowest BCUT2D eigenvalue weighted by Crippen LogP contribution is -2.32. The summed E-state index contributed by atoms with van der Waals surface area (Å²) < 4.78 is 46.9. The molecule has 0 fully saturated rings. The largest absolute Gasteiger partial charge is 0.337 e. The number of rotatable bonds is 11. The van der Waals surface area contributed by atoms with Crippen molar-refractivity contribution in [2.45, 2.75) is 51.0 Å². The lowest BCUT2D eigenvalue weighted by Gasteiger charge is -2.19. The second kappa shape index (κ2) is 11.0. The first-order valence-corrected chi connectivity index (χ1v) is 12.7. The van der Waals surface area contributed by atoms with Crippen LogP contribution in [0.2, 0.25) is 0 Å². The predicted molar refractivity (Wildman–Crippen MR) is 132 cm³/mol. The molecule has 0 saturated heterocycles. The van der Waals surface area contributed by atoms with Gasteiger partial charge in [-0.05, 0) is 50.6 Å². The molecule has 0 saturated carbocycles. The number of alkyl halides is 1. The highest BCUT2D eigenvalue weighted by atomic mass is 32.2. The van der Waals surface area contributed by atoms with Gasteiger partial charge in [0.1, 0.15) is 6.67 Å². The number of anilines is 2. The monoisotopic (exact) mass is 503 g/mol. The number of carbonyl (C=O) groups excluding carboxylic acids is 1. The van der Waals surface area contributed by atoms with Gasteiger partial charge in [0.05, 0.1) is 22.0 Å².